The van der Waals surface area contributed by atoms with E-state index in [0.717, 1.165) is 59.8 Å². The molecule has 0 amide bonds. The van der Waals surface area contributed by atoms with Gasteiger partial charge in [0.2, 0.25) is 0 Å². The average molecular weight is 1500 g/mol. The van der Waals surface area contributed by atoms with Crippen LogP contribution in [0.1, 0.15) is 209 Å². The van der Waals surface area contributed by atoms with Crippen molar-refractivity contribution in [1.29, 1.82) is 0 Å². The van der Waals surface area contributed by atoms with Crippen molar-refractivity contribution in [3.05, 3.63) is 305 Å². The van der Waals surface area contributed by atoms with Gasteiger partial charge in [0.1, 0.15) is 0 Å². The van der Waals surface area contributed by atoms with Crippen LogP contribution in [0, 0.1) is 0 Å². The summed E-state index contributed by atoms with van der Waals surface area (Å²) in [5.74, 6) is 0. The third-order valence-corrected chi connectivity index (χ3v) is 27.4. The number of para-hydroxylation sites is 6. The van der Waals surface area contributed by atoms with Crippen molar-refractivity contribution in [3.8, 4) is 55.9 Å². The van der Waals surface area contributed by atoms with Crippen LogP contribution in [-0.4, -0.2) is 15.8 Å². The smallest absolute Gasteiger partial charge is 0.252 e. The molecule has 0 fully saturated rings. The summed E-state index contributed by atoms with van der Waals surface area (Å²) in [5.41, 5.74) is 38.6. The number of rotatable bonds is 8. The molecule has 0 saturated heterocycles. The van der Waals surface area contributed by atoms with E-state index >= 15 is 0 Å². The van der Waals surface area contributed by atoms with Crippen molar-refractivity contribution in [2.75, 3.05) is 9.80 Å². The number of fused-ring (bicyclic) bond motifs is 12. The predicted octanol–water partition coefficient (Wildman–Crippen LogP) is 28.5. The van der Waals surface area contributed by atoms with Crippen molar-refractivity contribution in [2.45, 2.75) is 207 Å². The highest BCUT2D eigenvalue weighted by Crippen LogP contribution is 2.55. The molecule has 0 spiro atoms. The van der Waals surface area contributed by atoms with E-state index in [4.69, 9.17) is 0 Å². The molecular weight excluding hydrogens is 1390 g/mol. The zero-order valence-electron chi connectivity index (χ0n) is 71.5. The fourth-order valence-electron chi connectivity index (χ4n) is 20.4. The van der Waals surface area contributed by atoms with Gasteiger partial charge in [-0.3, -0.25) is 0 Å². The monoisotopic (exact) mass is 1500 g/mol. The predicted molar refractivity (Wildman–Crippen MR) is 496 cm³/mol. The van der Waals surface area contributed by atoms with Gasteiger partial charge in [0.25, 0.3) is 6.71 Å². The van der Waals surface area contributed by atoms with Crippen molar-refractivity contribution < 1.29 is 0 Å². The first-order valence-corrected chi connectivity index (χ1v) is 42.4. The zero-order valence-corrected chi connectivity index (χ0v) is 71.5. The highest BCUT2D eigenvalue weighted by atomic mass is 15.2. The minimum absolute atomic E-state index is 0.00857. The minimum atomic E-state index is -0.195. The maximum absolute atomic E-state index is 2.69. The molecular formula is C110H111BN4. The molecule has 5 heteroatoms. The number of nitrogens with zero attached hydrogens (tertiary/aromatic N) is 4. The maximum atomic E-state index is 2.69. The average Bonchev–Trinajstić information content (AvgIpc) is 1.04. The van der Waals surface area contributed by atoms with Gasteiger partial charge in [0, 0.05) is 77.9 Å². The van der Waals surface area contributed by atoms with Gasteiger partial charge in [-0.25, -0.2) is 0 Å². The first-order valence-electron chi connectivity index (χ1n) is 42.4. The Morgan fingerprint density at radius 3 is 0.965 bits per heavy atom. The molecule has 2 aliphatic carbocycles. The Morgan fingerprint density at radius 2 is 0.583 bits per heavy atom. The molecule has 574 valence electrons. The van der Waals surface area contributed by atoms with Crippen LogP contribution in [0.4, 0.5) is 34.1 Å². The third-order valence-electron chi connectivity index (χ3n) is 27.4. The first kappa shape index (κ1) is 74.2. The van der Waals surface area contributed by atoms with E-state index < -0.39 is 0 Å². The number of hydrogen-bond donors (Lipinski definition) is 0. The van der Waals surface area contributed by atoms with Crippen LogP contribution in [-0.2, 0) is 43.3 Å². The molecule has 4 aliphatic rings. The van der Waals surface area contributed by atoms with Gasteiger partial charge >= 0.3 is 0 Å². The Labute approximate surface area is 684 Å². The van der Waals surface area contributed by atoms with Crippen LogP contribution in [0.25, 0.3) is 99.5 Å². The Bertz CT molecular complexity index is 6090. The second-order valence-electron chi connectivity index (χ2n) is 41.1. The van der Waals surface area contributed by atoms with E-state index in [1.807, 2.05) is 0 Å². The standard InChI is InChI=1S/C110H111BN4/c1-103(2,3)72-58-70(59-73(64-72)104(4,5)6)80-36-29-38-84-82-34-23-27-42-94(82)112(101(80)84)76-48-52-90-98(66-76)114(92-40-25-21-32-78(92)68-46-50-86-88(62-68)109(17,18)56-54-107(86,13)14)96-44-31-45-97-100(96)111(90)91-53-49-77(67-99(91)115(97)93-41-26-22-33-79(93)69-47-51-87-89(63-69)110(19,20)57-55-108(87,15)16)113-95-43-28-24-35-83(95)85-39-30-37-81(102(85)113)71-60-74(105(7,8)9)65-75(61-71)106(10,11)12/h21-53,58-67H,54-57H2,1-20H3. The van der Waals surface area contributed by atoms with E-state index in [1.54, 1.807) is 0 Å². The van der Waals surface area contributed by atoms with Crippen LogP contribution in [0.3, 0.4) is 0 Å². The maximum Gasteiger partial charge on any atom is 0.252 e. The van der Waals surface area contributed by atoms with Gasteiger partial charge in [-0.2, -0.15) is 0 Å². The van der Waals surface area contributed by atoms with Gasteiger partial charge in [0.15, 0.2) is 0 Å². The molecule has 0 radical (unpaired) electrons. The Morgan fingerprint density at radius 1 is 0.261 bits per heavy atom. The molecule has 2 aliphatic heterocycles. The summed E-state index contributed by atoms with van der Waals surface area (Å²) >= 11 is 0. The van der Waals surface area contributed by atoms with Gasteiger partial charge in [-0.1, -0.05) is 339 Å². The van der Waals surface area contributed by atoms with Gasteiger partial charge in [-0.05, 0) is 213 Å². The lowest BCUT2D eigenvalue weighted by molar-refractivity contribution is 0.332. The van der Waals surface area contributed by atoms with Gasteiger partial charge < -0.3 is 18.9 Å². The first-order chi connectivity index (χ1) is 54.5. The number of anilines is 6. The van der Waals surface area contributed by atoms with Crippen molar-refractivity contribution >= 4 is 101 Å². The second kappa shape index (κ2) is 25.8. The zero-order chi connectivity index (χ0) is 80.3. The Balaban J connectivity index is 0.909. The molecule has 4 heterocycles. The van der Waals surface area contributed by atoms with Crippen molar-refractivity contribution in [3.63, 3.8) is 0 Å². The molecule has 0 N–H and O–H groups in total. The largest absolute Gasteiger partial charge is 0.311 e. The quantitative estimate of drug-likeness (QED) is 0.141. The summed E-state index contributed by atoms with van der Waals surface area (Å²) in [6.45, 7) is 47.7. The van der Waals surface area contributed by atoms with Crippen molar-refractivity contribution in [1.82, 2.24) is 9.13 Å². The molecule has 115 heavy (non-hydrogen) atoms. The molecule has 15 aromatic rings. The summed E-state index contributed by atoms with van der Waals surface area (Å²) in [7, 11) is 0. The normalized spacial score (nSPS) is 16.1. The number of benzene rings is 13. The van der Waals surface area contributed by atoms with E-state index in [9.17, 15) is 0 Å². The Kier molecular flexibility index (Phi) is 16.7. The van der Waals surface area contributed by atoms with Gasteiger partial charge in [0.05, 0.1) is 33.4 Å². The lowest BCUT2D eigenvalue weighted by Crippen LogP contribution is -2.61. The number of hydrogen-bond acceptors (Lipinski definition) is 2. The highest BCUT2D eigenvalue weighted by molar-refractivity contribution is 7.00. The summed E-state index contributed by atoms with van der Waals surface area (Å²) in [4.78, 5) is 5.37. The topological polar surface area (TPSA) is 16.3 Å². The number of aromatic nitrogens is 2. The van der Waals surface area contributed by atoms with Crippen LogP contribution in [0.5, 0.6) is 0 Å². The van der Waals surface area contributed by atoms with Crippen LogP contribution >= 0.6 is 0 Å². The summed E-state index contributed by atoms with van der Waals surface area (Å²) in [5, 5.41) is 4.95. The van der Waals surface area contributed by atoms with E-state index in [2.05, 4.69) is 418 Å². The lowest BCUT2D eigenvalue weighted by Gasteiger charge is -2.45. The fourth-order valence-corrected chi connectivity index (χ4v) is 20.4. The van der Waals surface area contributed by atoms with E-state index in [0.29, 0.717) is 0 Å². The molecule has 4 nitrogen and oxygen atoms in total. The Hall–Kier alpha value is -10.9. The summed E-state index contributed by atoms with van der Waals surface area (Å²) in [6, 6.07) is 103. The molecule has 0 saturated carbocycles. The van der Waals surface area contributed by atoms with Crippen LogP contribution < -0.4 is 26.2 Å². The molecule has 2 aromatic heterocycles. The molecule has 0 bridgehead atoms. The second-order valence-corrected chi connectivity index (χ2v) is 41.1. The SMILES string of the molecule is CC(C)(C)c1cc(-c2cccc3c4ccccc4n(-c4ccc5c(c4)N(c4ccccc4-c4ccc6c(c4)C(C)(C)CCC6(C)C)c4cccc6c4B5c4ccc(-n5c7ccccc7c7cccc(-c8cc(C(C)(C)C)cc(C(C)(C)C)c8)c75)cc4N6c4ccccc4-c4ccc5c(c4)C(C)(C)CCC5(C)C)c23)cc(C(C)(C)C)c1. The van der Waals surface area contributed by atoms with Crippen LogP contribution in [0.2, 0.25) is 0 Å². The van der Waals surface area contributed by atoms with E-state index in [-0.39, 0.29) is 50.0 Å². The molecule has 19 rings (SSSR count). The molecule has 0 atom stereocenters. The van der Waals surface area contributed by atoms with Crippen LogP contribution in [0.15, 0.2) is 261 Å². The van der Waals surface area contributed by atoms with Crippen molar-refractivity contribution in [2.24, 2.45) is 0 Å². The molecule has 0 unspecified atom stereocenters. The highest BCUT2D eigenvalue weighted by Gasteiger charge is 2.46. The third kappa shape index (κ3) is 11.9. The minimum Gasteiger partial charge on any atom is -0.311 e. The van der Waals surface area contributed by atoms with E-state index in [1.165, 1.54) is 160 Å². The lowest BCUT2D eigenvalue weighted by atomic mass is 9.33. The summed E-state index contributed by atoms with van der Waals surface area (Å²) < 4.78 is 5.21. The summed E-state index contributed by atoms with van der Waals surface area (Å²) in [6.07, 6.45) is 4.59. The fraction of sp³-hybridized carbons (Fsp3) is 0.291. The van der Waals surface area contributed by atoms with Gasteiger partial charge in [-0.15, -0.1) is 0 Å². The molecule has 13 aromatic carbocycles.